The zero-order chi connectivity index (χ0) is 83.2. The molecule has 7 aromatic carbocycles. The number of aliphatic carboxylic acids is 1. The number of hydrogen-bond donors (Lipinski definition) is 18. The van der Waals surface area contributed by atoms with Crippen molar-refractivity contribution in [2.75, 3.05) is 34.2 Å². The maximum Gasteiger partial charge on any atom is 0.335 e. The Morgan fingerprint density at radius 3 is 1.94 bits per heavy atom. The summed E-state index contributed by atoms with van der Waals surface area (Å²) in [7, 11) is 5.03. The summed E-state index contributed by atoms with van der Waals surface area (Å²) in [6.45, 7) is 4.72. The third kappa shape index (κ3) is 18.8. The van der Waals surface area contributed by atoms with Crippen LogP contribution in [0.3, 0.4) is 0 Å². The number of aliphatic hydroxyl groups excluding tert-OH is 3. The van der Waals surface area contributed by atoms with E-state index in [1.54, 1.807) is 14.1 Å². The number of carbonyl (C=O) groups excluding carboxylic acids is 8. The van der Waals surface area contributed by atoms with Crippen LogP contribution in [0.5, 0.6) is 69.0 Å². The molecule has 14 rings (SSSR count). The molecule has 0 radical (unpaired) electrons. The largest absolute Gasteiger partial charge is 0.508 e. The molecule has 0 aromatic heterocycles. The van der Waals surface area contributed by atoms with Crippen LogP contribution in [0.15, 0.2) is 115 Å². The van der Waals surface area contributed by atoms with Crippen LogP contribution in [0.1, 0.15) is 140 Å². The van der Waals surface area contributed by atoms with Gasteiger partial charge in [-0.05, 0) is 153 Å². The maximum atomic E-state index is 16.5. The minimum atomic E-state index is -2.37. The summed E-state index contributed by atoms with van der Waals surface area (Å²) >= 11 is 14.2. The van der Waals surface area contributed by atoms with Crippen molar-refractivity contribution in [3.8, 4) is 80.1 Å². The Morgan fingerprint density at radius 2 is 1.23 bits per heavy atom. The van der Waals surface area contributed by atoms with Crippen LogP contribution in [0, 0.1) is 5.92 Å². The van der Waals surface area contributed by atoms with Crippen LogP contribution in [0.2, 0.25) is 10.0 Å². The van der Waals surface area contributed by atoms with Crippen molar-refractivity contribution >= 4 is 76.4 Å². The van der Waals surface area contributed by atoms with E-state index < -0.39 is 205 Å². The zero-order valence-electron chi connectivity index (χ0n) is 63.3. The van der Waals surface area contributed by atoms with Crippen LogP contribution in [-0.4, -0.2) is 181 Å². The number of carbonyl (C=O) groups is 9. The highest BCUT2D eigenvalue weighted by molar-refractivity contribution is 6.33. The number of carboxylic acid groups (broad SMARTS) is 1. The first kappa shape index (κ1) is 83.7. The number of halogens is 2. The number of hydrogen-bond acceptors (Lipinski definition) is 24. The van der Waals surface area contributed by atoms with E-state index >= 15 is 24.0 Å². The summed E-state index contributed by atoms with van der Waals surface area (Å²) in [6.07, 6.45) is -6.46. The van der Waals surface area contributed by atoms with Gasteiger partial charge in [-0.2, -0.15) is 0 Å². The average Bonchev–Trinajstić information content (AvgIpc) is 0.769. The molecule has 7 aliphatic heterocycles. The fourth-order valence-corrected chi connectivity index (χ4v) is 14.8. The van der Waals surface area contributed by atoms with Gasteiger partial charge in [-0.25, -0.2) is 4.79 Å². The van der Waals surface area contributed by atoms with Gasteiger partial charge in [-0.3, -0.25) is 38.4 Å². The lowest BCUT2D eigenvalue weighted by Gasteiger charge is -2.41. The molecule has 7 heterocycles. The molecule has 13 atom stereocenters. The quantitative estimate of drug-likeness (QED) is 0.0419. The smallest absolute Gasteiger partial charge is 0.335 e. The first-order valence-corrected chi connectivity index (χ1v) is 38.2. The molecule has 116 heavy (non-hydrogen) atoms. The van der Waals surface area contributed by atoms with Gasteiger partial charge in [0.1, 0.15) is 107 Å². The predicted molar refractivity (Wildman–Crippen MR) is 415 cm³/mol. The highest BCUT2D eigenvalue weighted by Crippen LogP contribution is 2.50. The molecule has 0 spiro atoms. The normalized spacial score (nSPS) is 23.3. The van der Waals surface area contributed by atoms with E-state index in [0.29, 0.717) is 37.3 Å². The number of nitrogens with zero attached hydrogens (tertiary/aromatic N) is 1. The Bertz CT molecular complexity index is 4960. The highest BCUT2D eigenvalue weighted by atomic mass is 35.5. The fraction of sp³-hybridized carbons (Fsp3) is 0.370. The van der Waals surface area contributed by atoms with Gasteiger partial charge in [0, 0.05) is 48.2 Å². The number of rotatable bonds is 18. The van der Waals surface area contributed by atoms with Crippen molar-refractivity contribution in [2.24, 2.45) is 5.92 Å². The van der Waals surface area contributed by atoms with Crippen molar-refractivity contribution < 1.29 is 113 Å². The molecule has 33 nitrogen and oxygen atoms in total. The molecule has 18 N–H and O–H groups in total. The molecule has 35 heteroatoms. The number of nitrogens with one attached hydrogen (secondary N) is 9. The van der Waals surface area contributed by atoms with Gasteiger partial charge in [0.2, 0.25) is 59.3 Å². The van der Waals surface area contributed by atoms with E-state index in [1.165, 1.54) is 61.6 Å². The monoisotopic (exact) mass is 1640 g/mol. The standard InChI is InChI=1S/C81H88Cl2N10O23/c1-36(2)12-9-7-6-8-10-13-58(99)87-67-69(101)70(102)72(80(110)111)116-81(67)115-71-56-30-41-31-57(71)114-54-23-18-40(28-48(54)82)68(100)66-79(109)91-64(74(104)85-24-11-25-93(4)5)46-32-42(94)33-52(97)59(46)45-27-38(16-21-50(45)95)62(76(106)92-66)88-77(107)63(41)89-78(108)65-47-34-44(35-53(98)60(47)83)113-55-29-39(17-22-51(55)96)61(84-3)75(105)86-49(73(103)90-65)26-37-14-19-43(112-56)20-15-37/h14-23,27-36,49,61-70,72,81,84,94-98,100-102H,6-13,24-26H2,1-5H3,(H,85,104)(H,86,105)(H,87,99)(H,88,107)(H,89,108)(H,90,103)(H,91,109)(H,92,106)(H,110,111)/t49-,61+,62-,63-,64-,65+,66+,67-,68-,69-,70+,72+,81-/m1/s1. The molecular weight excluding hydrogens is 1550 g/mol. The lowest BCUT2D eigenvalue weighted by Crippen LogP contribution is -2.66. The summed E-state index contributed by atoms with van der Waals surface area (Å²) < 4.78 is 32.3. The second-order valence-electron chi connectivity index (χ2n) is 29.6. The molecule has 1 saturated heterocycles. The molecule has 7 aliphatic rings. The summed E-state index contributed by atoms with van der Waals surface area (Å²) in [5.74, 6) is -16.6. The minimum Gasteiger partial charge on any atom is -0.508 e. The average molecular weight is 1640 g/mol. The second-order valence-corrected chi connectivity index (χ2v) is 30.3. The minimum absolute atomic E-state index is 0.000640. The first-order chi connectivity index (χ1) is 55.3. The lowest BCUT2D eigenvalue weighted by atomic mass is 9.89. The number of phenols is 5. The van der Waals surface area contributed by atoms with Crippen molar-refractivity contribution in [2.45, 2.75) is 151 Å². The fourth-order valence-electron chi connectivity index (χ4n) is 14.4. The van der Waals surface area contributed by atoms with Crippen molar-refractivity contribution in [3.63, 3.8) is 0 Å². The Balaban J connectivity index is 1.09. The van der Waals surface area contributed by atoms with E-state index in [4.69, 9.17) is 46.9 Å². The summed E-state index contributed by atoms with van der Waals surface area (Å²) in [5, 5.41) is 128. The molecule has 8 amide bonds. The number of ether oxygens (including phenoxy) is 5. The van der Waals surface area contributed by atoms with E-state index in [9.17, 15) is 65.1 Å². The molecule has 0 unspecified atom stereocenters. The van der Waals surface area contributed by atoms with Crippen LogP contribution in [0.4, 0.5) is 0 Å². The van der Waals surface area contributed by atoms with Crippen molar-refractivity contribution in [1.82, 2.24) is 52.8 Å². The number of carboxylic acids is 1. The summed E-state index contributed by atoms with van der Waals surface area (Å²) in [6, 6.07) is 6.88. The summed E-state index contributed by atoms with van der Waals surface area (Å²) in [5.41, 5.74) is -2.06. The Kier molecular flexibility index (Phi) is 26.0. The first-order valence-electron chi connectivity index (χ1n) is 37.5. The molecule has 17 bridgehead atoms. The molecule has 7 aromatic rings. The van der Waals surface area contributed by atoms with Crippen LogP contribution in [-0.2, 0) is 54.3 Å². The third-order valence-electron chi connectivity index (χ3n) is 20.4. The van der Waals surface area contributed by atoms with E-state index in [1.807, 2.05) is 4.90 Å². The predicted octanol–water partition coefficient (Wildman–Crippen LogP) is 6.30. The van der Waals surface area contributed by atoms with Crippen molar-refractivity contribution in [1.29, 1.82) is 0 Å². The molecule has 614 valence electrons. The number of aliphatic hydroxyl groups is 3. The van der Waals surface area contributed by atoms with Gasteiger partial charge in [-0.15, -0.1) is 0 Å². The van der Waals surface area contributed by atoms with Gasteiger partial charge in [0.05, 0.1) is 10.0 Å². The maximum absolute atomic E-state index is 16.5. The molecule has 1 fully saturated rings. The number of unbranched alkanes of at least 4 members (excludes halogenated alkanes) is 4. The SMILES string of the molecule is CN[C@@H]1C(=O)N[C@@H]2Cc3ccc(cc3)Oc3cc4cc(c3O[C@@H]3O[C@H](C(=O)O)[C@@H](O)[C@H](O)[C@H]3NC(=O)CCCCCCCC(C)C)Oc3ccc(cc3Cl)[C@@H](O)[C@@H]3NC(=O)[C@H](NC(=O)[C@@H]4NC(=O)[C@@H](NC2=O)c2cc(cc(O)c2Cl)Oc2cc1ccc2O)c1ccc(O)c(c1)-c1c(O)cc(O)cc1[C@H](C(=O)NCCCN(C)C)NC3=O. The third-order valence-corrected chi connectivity index (χ3v) is 21.1. The lowest BCUT2D eigenvalue weighted by molar-refractivity contribution is -0.241. The van der Waals surface area contributed by atoms with Crippen LogP contribution in [0.25, 0.3) is 11.1 Å². The summed E-state index contributed by atoms with van der Waals surface area (Å²) in [4.78, 5) is 138. The van der Waals surface area contributed by atoms with Crippen LogP contribution >= 0.6 is 23.2 Å². The van der Waals surface area contributed by atoms with Gasteiger partial charge >= 0.3 is 5.97 Å². The van der Waals surface area contributed by atoms with Gasteiger partial charge in [-0.1, -0.05) is 99.5 Å². The number of likely N-dealkylation sites (N-methyl/N-ethyl adjacent to an activating group) is 1. The molecule has 0 saturated carbocycles. The second kappa shape index (κ2) is 36.0. The highest BCUT2D eigenvalue weighted by Gasteiger charge is 2.51. The zero-order valence-corrected chi connectivity index (χ0v) is 64.8. The Labute approximate surface area is 673 Å². The Morgan fingerprint density at radius 1 is 0.586 bits per heavy atom. The van der Waals surface area contributed by atoms with Gasteiger partial charge in [0.25, 0.3) is 0 Å². The number of aromatic hydroxyl groups is 5. The number of amides is 8. The van der Waals surface area contributed by atoms with E-state index in [-0.39, 0.29) is 70.2 Å². The Hall–Kier alpha value is -11.7. The van der Waals surface area contributed by atoms with Gasteiger partial charge in [0.15, 0.2) is 29.1 Å². The molecular formula is C81H88Cl2N10O23. The van der Waals surface area contributed by atoms with Gasteiger partial charge < -0.3 is 122 Å². The molecule has 0 aliphatic carbocycles. The number of fused-ring (bicyclic) bond motifs is 14. The van der Waals surface area contributed by atoms with Crippen LogP contribution < -0.4 is 66.8 Å². The van der Waals surface area contributed by atoms with E-state index in [0.717, 1.165) is 86.3 Å². The van der Waals surface area contributed by atoms with E-state index in [2.05, 4.69) is 61.7 Å². The number of phenolic OH excluding ortho intramolecular Hbond substituents is 5. The number of benzene rings is 7. The van der Waals surface area contributed by atoms with Crippen molar-refractivity contribution in [3.05, 3.63) is 164 Å². The topological polar surface area (TPSA) is 493 Å².